The Hall–Kier alpha value is -1.50. The van der Waals surface area contributed by atoms with Crippen molar-refractivity contribution in [1.82, 2.24) is 5.32 Å². The third-order valence-corrected chi connectivity index (χ3v) is 4.71. The molecule has 2 aromatic rings. The lowest BCUT2D eigenvalue weighted by atomic mass is 10.2. The molecule has 1 heterocycles. The topological polar surface area (TPSA) is 28.5 Å². The summed E-state index contributed by atoms with van der Waals surface area (Å²) in [6.07, 6.45) is 0. The van der Waals surface area contributed by atoms with Gasteiger partial charge in [0.2, 0.25) is 0 Å². The SMILES string of the molecule is Cc1ccc(NC(=S)NC[C@H](c2cccs2)[NH+](C)C)cc1F. The number of benzene rings is 1. The largest absolute Gasteiger partial charge is 0.356 e. The molecule has 0 saturated carbocycles. The molecule has 0 aliphatic rings. The summed E-state index contributed by atoms with van der Waals surface area (Å²) in [7, 11) is 4.25. The summed E-state index contributed by atoms with van der Waals surface area (Å²) < 4.78 is 13.5. The minimum atomic E-state index is -0.234. The molecule has 22 heavy (non-hydrogen) atoms. The summed E-state index contributed by atoms with van der Waals surface area (Å²) in [4.78, 5) is 2.65. The molecule has 0 aliphatic carbocycles. The molecule has 1 atom stereocenters. The number of thiocarbonyl (C=S) groups is 1. The summed E-state index contributed by atoms with van der Waals surface area (Å²) in [6, 6.07) is 9.53. The zero-order chi connectivity index (χ0) is 16.1. The molecule has 0 fully saturated rings. The van der Waals surface area contributed by atoms with Crippen molar-refractivity contribution in [2.75, 3.05) is 26.0 Å². The fourth-order valence-electron chi connectivity index (χ4n) is 2.12. The van der Waals surface area contributed by atoms with E-state index in [1.54, 1.807) is 24.3 Å². The van der Waals surface area contributed by atoms with E-state index in [0.717, 1.165) is 6.54 Å². The number of halogens is 1. The van der Waals surface area contributed by atoms with Crippen LogP contribution in [0.3, 0.4) is 0 Å². The predicted octanol–water partition coefficient (Wildman–Crippen LogP) is 2.37. The van der Waals surface area contributed by atoms with E-state index in [0.29, 0.717) is 22.4 Å². The van der Waals surface area contributed by atoms with E-state index in [-0.39, 0.29) is 5.82 Å². The first-order chi connectivity index (χ1) is 10.5. The summed E-state index contributed by atoms with van der Waals surface area (Å²) >= 11 is 7.04. The van der Waals surface area contributed by atoms with E-state index in [2.05, 4.69) is 42.2 Å². The first kappa shape index (κ1) is 16.9. The minimum absolute atomic E-state index is 0.234. The lowest BCUT2D eigenvalue weighted by Gasteiger charge is -2.21. The third kappa shape index (κ3) is 4.50. The van der Waals surface area contributed by atoms with Gasteiger partial charge in [0.05, 0.1) is 25.5 Å². The van der Waals surface area contributed by atoms with E-state index in [4.69, 9.17) is 12.2 Å². The van der Waals surface area contributed by atoms with Crippen molar-refractivity contribution in [2.24, 2.45) is 0 Å². The molecule has 118 valence electrons. The number of likely N-dealkylation sites (N-methyl/N-ethyl adjacent to an activating group) is 1. The van der Waals surface area contributed by atoms with Crippen LogP contribution in [0.4, 0.5) is 10.1 Å². The van der Waals surface area contributed by atoms with Crippen molar-refractivity contribution in [3.8, 4) is 0 Å². The van der Waals surface area contributed by atoms with Crippen molar-refractivity contribution in [3.05, 3.63) is 52.0 Å². The Morgan fingerprint density at radius 3 is 2.73 bits per heavy atom. The minimum Gasteiger partial charge on any atom is -0.356 e. The van der Waals surface area contributed by atoms with Gasteiger partial charge in [-0.25, -0.2) is 4.39 Å². The Labute approximate surface area is 140 Å². The van der Waals surface area contributed by atoms with Gasteiger partial charge < -0.3 is 15.5 Å². The molecule has 0 radical (unpaired) electrons. The molecule has 6 heteroatoms. The highest BCUT2D eigenvalue weighted by Gasteiger charge is 2.18. The smallest absolute Gasteiger partial charge is 0.171 e. The highest BCUT2D eigenvalue weighted by atomic mass is 32.1. The van der Waals surface area contributed by atoms with Gasteiger partial charge in [-0.05, 0) is 48.3 Å². The number of nitrogens with one attached hydrogen (secondary N) is 3. The maximum Gasteiger partial charge on any atom is 0.171 e. The number of thiophene rings is 1. The Morgan fingerprint density at radius 2 is 2.14 bits per heavy atom. The quantitative estimate of drug-likeness (QED) is 0.731. The molecule has 3 nitrogen and oxygen atoms in total. The molecule has 1 aromatic carbocycles. The van der Waals surface area contributed by atoms with Crippen molar-refractivity contribution >= 4 is 34.4 Å². The monoisotopic (exact) mass is 338 g/mol. The van der Waals surface area contributed by atoms with Crippen molar-refractivity contribution < 1.29 is 9.29 Å². The first-order valence-corrected chi connectivity index (χ1v) is 8.40. The van der Waals surface area contributed by atoms with Crippen LogP contribution in [-0.4, -0.2) is 25.8 Å². The molecule has 2 rings (SSSR count). The van der Waals surface area contributed by atoms with Gasteiger partial charge in [0.25, 0.3) is 0 Å². The average Bonchev–Trinajstić information content (AvgIpc) is 2.97. The van der Waals surface area contributed by atoms with Crippen LogP contribution in [0.15, 0.2) is 35.7 Å². The summed E-state index contributed by atoms with van der Waals surface area (Å²) in [6.45, 7) is 2.46. The second kappa shape index (κ2) is 7.67. The van der Waals surface area contributed by atoms with E-state index < -0.39 is 0 Å². The first-order valence-electron chi connectivity index (χ1n) is 7.12. The number of hydrogen-bond acceptors (Lipinski definition) is 2. The predicted molar refractivity (Wildman–Crippen MR) is 95.2 cm³/mol. The summed E-state index contributed by atoms with van der Waals surface area (Å²) in [5.74, 6) is -0.234. The average molecular weight is 338 g/mol. The molecule has 0 aliphatic heterocycles. The highest BCUT2D eigenvalue weighted by molar-refractivity contribution is 7.80. The molecule has 3 N–H and O–H groups in total. The molecule has 0 bridgehead atoms. The standard InChI is InChI=1S/C16H20FN3S2/c1-11-6-7-12(9-13(11)17)19-16(21)18-10-14(20(2)3)15-5-4-8-22-15/h4-9,14H,10H2,1-3H3,(H2,18,19,21)/p+1/t14-/m1/s1. The van der Waals surface area contributed by atoms with E-state index in [1.165, 1.54) is 15.8 Å². The van der Waals surface area contributed by atoms with E-state index in [1.807, 2.05) is 6.07 Å². The van der Waals surface area contributed by atoms with Gasteiger partial charge in [-0.1, -0.05) is 12.1 Å². The molecule has 0 amide bonds. The van der Waals surface area contributed by atoms with Gasteiger partial charge in [-0.3, -0.25) is 0 Å². The Bertz CT molecular complexity index is 626. The molecule has 1 aromatic heterocycles. The van der Waals surface area contributed by atoms with Crippen molar-refractivity contribution in [3.63, 3.8) is 0 Å². The fourth-order valence-corrected chi connectivity index (χ4v) is 3.28. The van der Waals surface area contributed by atoms with Crippen LogP contribution >= 0.6 is 23.6 Å². The van der Waals surface area contributed by atoms with Crippen molar-refractivity contribution in [2.45, 2.75) is 13.0 Å². The number of rotatable bonds is 5. The van der Waals surface area contributed by atoms with Crippen LogP contribution in [-0.2, 0) is 0 Å². The number of anilines is 1. The van der Waals surface area contributed by atoms with Crippen LogP contribution in [0.25, 0.3) is 0 Å². The van der Waals surface area contributed by atoms with Crippen LogP contribution in [0, 0.1) is 12.7 Å². The van der Waals surface area contributed by atoms with Gasteiger partial charge in [0.1, 0.15) is 11.9 Å². The molecule has 0 unspecified atom stereocenters. The lowest BCUT2D eigenvalue weighted by Crippen LogP contribution is -3.06. The Balaban J connectivity index is 1.92. The molecular weight excluding hydrogens is 317 g/mol. The Kier molecular flexibility index (Phi) is 5.88. The zero-order valence-corrected chi connectivity index (χ0v) is 14.6. The Morgan fingerprint density at radius 1 is 1.36 bits per heavy atom. The molecule has 0 saturated heterocycles. The van der Waals surface area contributed by atoms with Gasteiger partial charge in [0.15, 0.2) is 5.11 Å². The van der Waals surface area contributed by atoms with Gasteiger partial charge in [0, 0.05) is 5.69 Å². The number of quaternary nitrogens is 1. The summed E-state index contributed by atoms with van der Waals surface area (Å²) in [5, 5.41) is 8.83. The number of aryl methyl sites for hydroxylation is 1. The molecular formula is C16H21FN3S2+. The van der Waals surface area contributed by atoms with Crippen LogP contribution in [0.2, 0.25) is 0 Å². The van der Waals surface area contributed by atoms with Gasteiger partial charge in [-0.2, -0.15) is 0 Å². The third-order valence-electron chi connectivity index (χ3n) is 3.48. The number of hydrogen-bond donors (Lipinski definition) is 3. The van der Waals surface area contributed by atoms with Crippen molar-refractivity contribution in [1.29, 1.82) is 0 Å². The normalized spacial score (nSPS) is 12.2. The zero-order valence-electron chi connectivity index (χ0n) is 12.9. The lowest BCUT2D eigenvalue weighted by molar-refractivity contribution is -0.890. The maximum atomic E-state index is 13.5. The summed E-state index contributed by atoms with van der Waals surface area (Å²) in [5.41, 5.74) is 1.28. The van der Waals surface area contributed by atoms with Gasteiger partial charge in [-0.15, -0.1) is 11.3 Å². The van der Waals surface area contributed by atoms with Crippen LogP contribution < -0.4 is 15.5 Å². The second-order valence-electron chi connectivity index (χ2n) is 5.44. The fraction of sp³-hybridized carbons (Fsp3) is 0.312. The van der Waals surface area contributed by atoms with E-state index >= 15 is 0 Å². The van der Waals surface area contributed by atoms with E-state index in [9.17, 15) is 4.39 Å². The van der Waals surface area contributed by atoms with Crippen LogP contribution in [0.1, 0.15) is 16.5 Å². The van der Waals surface area contributed by atoms with Crippen LogP contribution in [0.5, 0.6) is 0 Å². The maximum absolute atomic E-state index is 13.5. The second-order valence-corrected chi connectivity index (χ2v) is 6.83. The molecule has 0 spiro atoms. The highest BCUT2D eigenvalue weighted by Crippen LogP contribution is 2.16. The van der Waals surface area contributed by atoms with Gasteiger partial charge >= 0.3 is 0 Å².